The summed E-state index contributed by atoms with van der Waals surface area (Å²) in [4.78, 5) is 1.62. The molecule has 0 rings (SSSR count). The van der Waals surface area contributed by atoms with Gasteiger partial charge in [0.1, 0.15) is 0 Å². The van der Waals surface area contributed by atoms with Gasteiger partial charge in [0.05, 0.1) is 5.84 Å². The molecule has 76 valence electrons. The molecule has 4 nitrogen and oxygen atoms in total. The fourth-order valence-corrected chi connectivity index (χ4v) is 1.16. The third kappa shape index (κ3) is 6.48. The van der Waals surface area contributed by atoms with E-state index in [1.165, 1.54) is 0 Å². The van der Waals surface area contributed by atoms with Crippen molar-refractivity contribution in [2.75, 3.05) is 12.3 Å². The van der Waals surface area contributed by atoms with E-state index in [1.807, 2.05) is 13.8 Å². The van der Waals surface area contributed by atoms with Crippen LogP contribution in [0.2, 0.25) is 0 Å². The Morgan fingerprint density at radius 2 is 2.08 bits per heavy atom. The highest BCUT2D eigenvalue weighted by molar-refractivity contribution is 7.79. The van der Waals surface area contributed by atoms with Gasteiger partial charge in [-0.15, -0.1) is 0 Å². The molecule has 1 unspecified atom stereocenters. The maximum Gasteiger partial charge on any atom is 0.0966 e. The first-order chi connectivity index (χ1) is 5.93. The summed E-state index contributed by atoms with van der Waals surface area (Å²) in [7, 11) is 0. The minimum atomic E-state index is -2.04. The Labute approximate surface area is 81.4 Å². The molecule has 0 aromatic carbocycles. The van der Waals surface area contributed by atoms with Crippen LogP contribution >= 0.6 is 0 Å². The number of hydrogen-bond donors (Lipinski definition) is 1. The first-order valence-electron chi connectivity index (χ1n) is 3.96. The quantitative estimate of drug-likeness (QED) is 0.422. The molecular formula is C8H15N2O2S-. The van der Waals surface area contributed by atoms with E-state index in [0.717, 1.165) is 5.57 Å². The van der Waals surface area contributed by atoms with Gasteiger partial charge < -0.3 is 9.45 Å². The maximum absolute atomic E-state index is 10.3. The molecule has 0 heterocycles. The fraction of sp³-hybridized carbons (Fsp3) is 0.625. The van der Waals surface area contributed by atoms with E-state index in [2.05, 4.69) is 0 Å². The van der Waals surface area contributed by atoms with Crippen LogP contribution in [0.25, 0.3) is 0 Å². The van der Waals surface area contributed by atoms with Crippen LogP contribution in [0.5, 0.6) is 0 Å². The number of nitrogens with one attached hydrogen (secondary N) is 1. The van der Waals surface area contributed by atoms with Crippen LogP contribution in [0.4, 0.5) is 0 Å². The lowest BCUT2D eigenvalue weighted by Crippen LogP contribution is -2.27. The van der Waals surface area contributed by atoms with Gasteiger partial charge in [0.15, 0.2) is 0 Å². The molecule has 0 bridgehead atoms. The highest BCUT2D eigenvalue weighted by Gasteiger charge is 2.01. The largest absolute Gasteiger partial charge is 0.772 e. The first-order valence-corrected chi connectivity index (χ1v) is 5.20. The second-order valence-electron chi connectivity index (χ2n) is 2.99. The Bertz CT molecular complexity index is 234. The highest BCUT2D eigenvalue weighted by Crippen LogP contribution is 1.97. The van der Waals surface area contributed by atoms with Gasteiger partial charge in [-0.05, 0) is 20.8 Å². The Morgan fingerprint density at radius 1 is 1.54 bits per heavy atom. The summed E-state index contributed by atoms with van der Waals surface area (Å²) in [6, 6.07) is 0. The van der Waals surface area contributed by atoms with Crippen molar-refractivity contribution >= 4 is 16.9 Å². The Hall–Kier alpha value is -0.680. The van der Waals surface area contributed by atoms with Crippen molar-refractivity contribution in [1.29, 1.82) is 5.41 Å². The molecule has 0 radical (unpaired) electrons. The maximum atomic E-state index is 10.3. The second-order valence-corrected chi connectivity index (χ2v) is 4.01. The van der Waals surface area contributed by atoms with Gasteiger partial charge in [-0.3, -0.25) is 9.62 Å². The van der Waals surface area contributed by atoms with Crippen LogP contribution in [0, 0.1) is 5.41 Å². The van der Waals surface area contributed by atoms with Crippen molar-refractivity contribution in [2.45, 2.75) is 20.8 Å². The summed E-state index contributed by atoms with van der Waals surface area (Å²) in [5.41, 5.74) is 1.04. The van der Waals surface area contributed by atoms with Crippen molar-refractivity contribution in [3.63, 3.8) is 0 Å². The average molecular weight is 203 g/mol. The molecule has 1 N–H and O–H groups in total. The van der Waals surface area contributed by atoms with Gasteiger partial charge in [-0.25, -0.2) is 0 Å². The predicted octanol–water partition coefficient (Wildman–Crippen LogP) is 1.09. The molecule has 0 aromatic heterocycles. The zero-order chi connectivity index (χ0) is 10.4. The van der Waals surface area contributed by atoms with Gasteiger partial charge in [0.2, 0.25) is 0 Å². The van der Waals surface area contributed by atoms with Crippen molar-refractivity contribution < 1.29 is 8.76 Å². The molecule has 0 aliphatic heterocycles. The van der Waals surface area contributed by atoms with E-state index in [1.54, 1.807) is 18.0 Å². The normalized spacial score (nSPS) is 12.0. The molecular weight excluding hydrogens is 188 g/mol. The Balaban J connectivity index is 4.19. The zero-order valence-corrected chi connectivity index (χ0v) is 8.98. The summed E-state index contributed by atoms with van der Waals surface area (Å²) in [5, 5.41) is 7.37. The minimum absolute atomic E-state index is 0.0556. The van der Waals surface area contributed by atoms with Crippen molar-refractivity contribution in [3.8, 4) is 0 Å². The van der Waals surface area contributed by atoms with Crippen LogP contribution in [0.15, 0.2) is 11.8 Å². The number of rotatable bonds is 4. The molecule has 0 spiro atoms. The van der Waals surface area contributed by atoms with Crippen molar-refractivity contribution in [3.05, 3.63) is 11.8 Å². The Morgan fingerprint density at radius 3 is 2.38 bits per heavy atom. The predicted molar refractivity (Wildman–Crippen MR) is 53.3 cm³/mol. The molecule has 0 aromatic rings. The summed E-state index contributed by atoms with van der Waals surface area (Å²) < 4.78 is 20.6. The topological polar surface area (TPSA) is 67.2 Å². The lowest BCUT2D eigenvalue weighted by molar-refractivity contribution is 0.519. The fourth-order valence-electron chi connectivity index (χ4n) is 0.814. The average Bonchev–Trinajstić information content (AvgIpc) is 1.96. The van der Waals surface area contributed by atoms with E-state index in [-0.39, 0.29) is 5.75 Å². The molecule has 1 atom stereocenters. The van der Waals surface area contributed by atoms with Gasteiger partial charge in [0, 0.05) is 18.5 Å². The summed E-state index contributed by atoms with van der Waals surface area (Å²) in [5.74, 6) is 0.409. The summed E-state index contributed by atoms with van der Waals surface area (Å²) >= 11 is -2.04. The summed E-state index contributed by atoms with van der Waals surface area (Å²) in [6.07, 6.45) is 1.77. The van der Waals surface area contributed by atoms with Gasteiger partial charge >= 0.3 is 0 Å². The van der Waals surface area contributed by atoms with Crippen LogP contribution in [-0.4, -0.2) is 31.8 Å². The van der Waals surface area contributed by atoms with Crippen molar-refractivity contribution in [2.24, 2.45) is 0 Å². The monoisotopic (exact) mass is 203 g/mol. The second kappa shape index (κ2) is 5.88. The third-order valence-electron chi connectivity index (χ3n) is 1.34. The highest BCUT2D eigenvalue weighted by atomic mass is 32.2. The summed E-state index contributed by atoms with van der Waals surface area (Å²) in [6.45, 7) is 5.79. The molecule has 0 saturated carbocycles. The van der Waals surface area contributed by atoms with E-state index in [9.17, 15) is 8.76 Å². The number of nitrogens with zero attached hydrogens (tertiary/aromatic N) is 1. The third-order valence-corrected chi connectivity index (χ3v) is 1.86. The minimum Gasteiger partial charge on any atom is -0.772 e. The van der Waals surface area contributed by atoms with E-state index in [0.29, 0.717) is 12.4 Å². The molecule has 0 aliphatic rings. The van der Waals surface area contributed by atoms with Crippen LogP contribution in [-0.2, 0) is 11.1 Å². The standard InChI is InChI=1S/C8H16N2O2S/c1-7(2)6-10(8(3)9)4-5-13(11)12/h6,9H,4-5H2,1-3H3,(H,11,12)/p-1. The van der Waals surface area contributed by atoms with Gasteiger partial charge in [-0.2, -0.15) is 0 Å². The van der Waals surface area contributed by atoms with Gasteiger partial charge in [-0.1, -0.05) is 16.7 Å². The Kier molecular flexibility index (Phi) is 5.57. The lowest BCUT2D eigenvalue weighted by Gasteiger charge is -2.20. The molecule has 0 amide bonds. The molecule has 0 saturated heterocycles. The molecule has 0 aliphatic carbocycles. The first kappa shape index (κ1) is 12.3. The smallest absolute Gasteiger partial charge is 0.0966 e. The number of hydrogen-bond acceptors (Lipinski definition) is 3. The van der Waals surface area contributed by atoms with Crippen molar-refractivity contribution in [1.82, 2.24) is 4.90 Å². The van der Waals surface area contributed by atoms with Crippen LogP contribution in [0.1, 0.15) is 20.8 Å². The zero-order valence-electron chi connectivity index (χ0n) is 8.16. The van der Waals surface area contributed by atoms with E-state index in [4.69, 9.17) is 5.41 Å². The van der Waals surface area contributed by atoms with Crippen LogP contribution < -0.4 is 0 Å². The van der Waals surface area contributed by atoms with E-state index >= 15 is 0 Å². The molecule has 5 heteroatoms. The SMILES string of the molecule is CC(=N)N(C=C(C)C)CCS(=O)[O-]. The van der Waals surface area contributed by atoms with E-state index < -0.39 is 11.1 Å². The number of allylic oxidation sites excluding steroid dienone is 1. The lowest BCUT2D eigenvalue weighted by atomic mass is 10.3. The number of amidine groups is 1. The van der Waals surface area contributed by atoms with Gasteiger partial charge in [0.25, 0.3) is 0 Å². The van der Waals surface area contributed by atoms with Crippen LogP contribution in [0.3, 0.4) is 0 Å². The molecule has 0 fully saturated rings. The molecule has 13 heavy (non-hydrogen) atoms.